The lowest BCUT2D eigenvalue weighted by atomic mass is 9.88. The van der Waals surface area contributed by atoms with Crippen LogP contribution in [0.2, 0.25) is 5.02 Å². The molecule has 4 rings (SSSR count). The van der Waals surface area contributed by atoms with Gasteiger partial charge in [-0.3, -0.25) is 9.69 Å². The Morgan fingerprint density at radius 3 is 2.56 bits per heavy atom. The van der Waals surface area contributed by atoms with Crippen molar-refractivity contribution in [1.82, 2.24) is 14.8 Å². The number of carbonyl (C=O) groups excluding carboxylic acids is 2. The van der Waals surface area contributed by atoms with Crippen LogP contribution in [0.1, 0.15) is 47.1 Å². The van der Waals surface area contributed by atoms with Crippen LogP contribution in [-0.4, -0.2) is 84.4 Å². The molecule has 0 aliphatic carbocycles. The predicted octanol–water partition coefficient (Wildman–Crippen LogP) is 5.11. The Morgan fingerprint density at radius 2 is 1.90 bits per heavy atom. The smallest absolute Gasteiger partial charge is 0.410 e. The second kappa shape index (κ2) is 11.3. The van der Waals surface area contributed by atoms with Gasteiger partial charge in [0.25, 0.3) is 0 Å². The maximum absolute atomic E-state index is 13.8. The van der Waals surface area contributed by atoms with E-state index in [1.165, 1.54) is 0 Å². The molecule has 1 aromatic heterocycles. The molecule has 0 bridgehead atoms. The molecule has 0 spiro atoms. The number of aromatic nitrogens is 1. The van der Waals surface area contributed by atoms with Crippen LogP contribution in [-0.2, 0) is 19.7 Å². The number of benzene rings is 1. The molecule has 1 fully saturated rings. The molecule has 3 heterocycles. The molecule has 2 aromatic rings. The number of pyridine rings is 1. The van der Waals surface area contributed by atoms with E-state index in [-0.39, 0.29) is 36.0 Å². The van der Waals surface area contributed by atoms with Gasteiger partial charge >= 0.3 is 6.09 Å². The van der Waals surface area contributed by atoms with Gasteiger partial charge in [-0.25, -0.2) is 9.78 Å². The lowest BCUT2D eigenvalue weighted by Crippen LogP contribution is -2.62. The van der Waals surface area contributed by atoms with Gasteiger partial charge < -0.3 is 24.0 Å². The van der Waals surface area contributed by atoms with Gasteiger partial charge in [-0.05, 0) is 39.8 Å². The van der Waals surface area contributed by atoms with Crippen LogP contribution in [0.15, 0.2) is 36.5 Å². The number of ether oxygens (including phenoxy) is 3. The van der Waals surface area contributed by atoms with Crippen molar-refractivity contribution in [2.24, 2.45) is 0 Å². The lowest BCUT2D eigenvalue weighted by molar-refractivity contribution is -0.121. The lowest BCUT2D eigenvalue weighted by Gasteiger charge is -2.45. The average Bonchev–Trinajstić information content (AvgIpc) is 3.11. The van der Waals surface area contributed by atoms with Gasteiger partial charge in [0.1, 0.15) is 11.4 Å². The molecular formula is C29H39ClN4O5. The minimum Gasteiger partial charge on any atom is -0.444 e. The third-order valence-corrected chi connectivity index (χ3v) is 7.37. The van der Waals surface area contributed by atoms with Crippen molar-refractivity contribution in [3.63, 3.8) is 0 Å². The summed E-state index contributed by atoms with van der Waals surface area (Å²) >= 11 is 6.27. The van der Waals surface area contributed by atoms with E-state index >= 15 is 0 Å². The van der Waals surface area contributed by atoms with E-state index in [9.17, 15) is 9.59 Å². The van der Waals surface area contributed by atoms with Crippen LogP contribution in [0.3, 0.4) is 0 Å². The summed E-state index contributed by atoms with van der Waals surface area (Å²) in [6, 6.07) is 8.74. The number of carbonyl (C=O) groups is 2. The van der Waals surface area contributed by atoms with Gasteiger partial charge in [0.15, 0.2) is 0 Å². The third kappa shape index (κ3) is 6.65. The Morgan fingerprint density at radius 1 is 1.18 bits per heavy atom. The van der Waals surface area contributed by atoms with Crippen molar-refractivity contribution in [3.05, 3.63) is 47.1 Å². The minimum absolute atomic E-state index is 0.0317. The molecule has 0 radical (unpaired) electrons. The zero-order chi connectivity index (χ0) is 28.5. The fourth-order valence-electron chi connectivity index (χ4n) is 5.14. The van der Waals surface area contributed by atoms with Gasteiger partial charge in [0.05, 0.1) is 29.9 Å². The highest BCUT2D eigenvalue weighted by Crippen LogP contribution is 2.42. The number of rotatable bonds is 6. The van der Waals surface area contributed by atoms with E-state index in [0.717, 1.165) is 11.3 Å². The first kappa shape index (κ1) is 29.1. The third-order valence-electron chi connectivity index (χ3n) is 7.06. The van der Waals surface area contributed by atoms with Crippen LogP contribution >= 0.6 is 11.6 Å². The number of nitrogens with zero attached hydrogens (tertiary/aromatic N) is 4. The highest BCUT2D eigenvalue weighted by molar-refractivity contribution is 6.32. The Bertz CT molecular complexity index is 1210. The molecule has 0 saturated carbocycles. The summed E-state index contributed by atoms with van der Waals surface area (Å²) in [5.41, 5.74) is 0.916. The molecule has 2 atom stereocenters. The zero-order valence-electron chi connectivity index (χ0n) is 23.9. The fraction of sp³-hybridized carbons (Fsp3) is 0.552. The summed E-state index contributed by atoms with van der Waals surface area (Å²) in [4.78, 5) is 36.8. The van der Waals surface area contributed by atoms with E-state index in [1.807, 2.05) is 44.7 Å². The number of anilines is 1. The highest BCUT2D eigenvalue weighted by atomic mass is 35.5. The second-order valence-corrected chi connectivity index (χ2v) is 12.4. The monoisotopic (exact) mass is 558 g/mol. The molecule has 2 aliphatic heterocycles. The minimum atomic E-state index is -0.583. The standard InChI is InChI=1S/C29H39ClN4O5/c1-19-14-32(20(17-37-7)15-33(19)27(36)39-28(2,3)4)16-26(35)34-18-29(5,6)21-13-31-25(12-23(21)34)38-24-11-9-8-10-22(24)30/h8-13,19-20H,14-18H2,1-7H3/t19-,20-/m1/s1. The molecule has 212 valence electrons. The number of piperazine rings is 1. The number of fused-ring (bicyclic) bond motifs is 1. The number of hydrogen-bond acceptors (Lipinski definition) is 7. The van der Waals surface area contributed by atoms with Crippen LogP contribution in [0.4, 0.5) is 10.5 Å². The molecule has 39 heavy (non-hydrogen) atoms. The number of halogens is 1. The van der Waals surface area contributed by atoms with Crippen molar-refractivity contribution in [2.75, 3.05) is 44.8 Å². The molecule has 2 aliphatic rings. The van der Waals surface area contributed by atoms with Gasteiger partial charge in [0, 0.05) is 56.0 Å². The average molecular weight is 559 g/mol. The zero-order valence-corrected chi connectivity index (χ0v) is 24.6. The van der Waals surface area contributed by atoms with E-state index in [1.54, 1.807) is 36.4 Å². The summed E-state index contributed by atoms with van der Waals surface area (Å²) in [7, 11) is 1.63. The van der Waals surface area contributed by atoms with Crippen molar-refractivity contribution >= 4 is 29.3 Å². The van der Waals surface area contributed by atoms with Crippen molar-refractivity contribution < 1.29 is 23.8 Å². The highest BCUT2D eigenvalue weighted by Gasteiger charge is 2.41. The summed E-state index contributed by atoms with van der Waals surface area (Å²) in [6.45, 7) is 13.8. The van der Waals surface area contributed by atoms with E-state index < -0.39 is 5.60 Å². The van der Waals surface area contributed by atoms with Gasteiger partial charge in [0.2, 0.25) is 11.8 Å². The molecular weight excluding hydrogens is 520 g/mol. The molecule has 10 heteroatoms. The maximum Gasteiger partial charge on any atom is 0.410 e. The Balaban J connectivity index is 1.52. The summed E-state index contributed by atoms with van der Waals surface area (Å²) < 4.78 is 17.0. The molecule has 1 saturated heterocycles. The quantitative estimate of drug-likeness (QED) is 0.487. The Labute approximate surface area is 236 Å². The molecule has 0 unspecified atom stereocenters. The Hall–Kier alpha value is -2.88. The molecule has 0 N–H and O–H groups in total. The summed E-state index contributed by atoms with van der Waals surface area (Å²) in [5, 5.41) is 0.483. The summed E-state index contributed by atoms with van der Waals surface area (Å²) in [6.07, 6.45) is 1.43. The van der Waals surface area contributed by atoms with Crippen LogP contribution < -0.4 is 9.64 Å². The number of hydrogen-bond donors (Lipinski definition) is 0. The van der Waals surface area contributed by atoms with E-state index in [4.69, 9.17) is 25.8 Å². The van der Waals surface area contributed by atoms with Gasteiger partial charge in [-0.2, -0.15) is 0 Å². The van der Waals surface area contributed by atoms with E-state index in [2.05, 4.69) is 23.7 Å². The van der Waals surface area contributed by atoms with Gasteiger partial charge in [-0.1, -0.05) is 37.6 Å². The number of para-hydroxylation sites is 1. The normalized spacial score (nSPS) is 21.0. The summed E-state index contributed by atoms with van der Waals surface area (Å²) in [5.74, 6) is 0.839. The first-order valence-corrected chi connectivity index (χ1v) is 13.6. The molecule has 1 aromatic carbocycles. The fourth-order valence-corrected chi connectivity index (χ4v) is 5.32. The van der Waals surface area contributed by atoms with Crippen LogP contribution in [0, 0.1) is 0 Å². The van der Waals surface area contributed by atoms with Gasteiger partial charge in [-0.15, -0.1) is 0 Å². The van der Waals surface area contributed by atoms with Crippen molar-refractivity contribution in [3.8, 4) is 11.6 Å². The predicted molar refractivity (Wildman–Crippen MR) is 151 cm³/mol. The van der Waals surface area contributed by atoms with Crippen LogP contribution in [0.5, 0.6) is 11.6 Å². The van der Waals surface area contributed by atoms with Crippen LogP contribution in [0.25, 0.3) is 0 Å². The van der Waals surface area contributed by atoms with Crippen molar-refractivity contribution in [2.45, 2.75) is 64.6 Å². The first-order valence-electron chi connectivity index (χ1n) is 13.2. The first-order chi connectivity index (χ1) is 18.3. The van der Waals surface area contributed by atoms with Crippen molar-refractivity contribution in [1.29, 1.82) is 0 Å². The Kier molecular flexibility index (Phi) is 8.44. The maximum atomic E-state index is 13.8. The molecule has 9 nitrogen and oxygen atoms in total. The largest absolute Gasteiger partial charge is 0.444 e. The topological polar surface area (TPSA) is 84.4 Å². The molecule has 2 amide bonds. The van der Waals surface area contributed by atoms with E-state index in [0.29, 0.717) is 42.9 Å². The SMILES string of the molecule is COC[C@H]1CN(C(=O)OC(C)(C)C)[C@H](C)CN1CC(=O)N1CC(C)(C)c2cnc(Oc3ccccc3Cl)cc21. The number of amides is 2. The second-order valence-electron chi connectivity index (χ2n) is 12.0. The number of methoxy groups -OCH3 is 1.